The Balaban J connectivity index is 1.44. The molecule has 0 radical (unpaired) electrons. The molecule has 0 aliphatic carbocycles. The summed E-state index contributed by atoms with van der Waals surface area (Å²) in [5.74, 6) is 0.928. The number of nitrogens with zero attached hydrogens (tertiary/aromatic N) is 1. The van der Waals surface area contributed by atoms with Crippen LogP contribution in [0.4, 0.5) is 0 Å². The molecule has 2 heterocycles. The van der Waals surface area contributed by atoms with Gasteiger partial charge in [-0.15, -0.1) is 11.3 Å². The number of thiophene rings is 1. The first-order valence-electron chi connectivity index (χ1n) is 12.2. The first kappa shape index (κ1) is 25.7. The minimum atomic E-state index is -0.559. The first-order valence-corrected chi connectivity index (χ1v) is 13.4. The number of rotatable bonds is 7. The number of nitriles is 1. The third-order valence-electron chi connectivity index (χ3n) is 6.28. The number of hydrogen-bond donors (Lipinski definition) is 1. The maximum Gasteiger partial charge on any atom is 0.355 e. The van der Waals surface area contributed by atoms with Crippen LogP contribution in [0.5, 0.6) is 17.2 Å². The molecule has 0 amide bonds. The average molecular weight is 545 g/mol. The lowest BCUT2D eigenvalue weighted by atomic mass is 9.83. The van der Waals surface area contributed by atoms with E-state index in [0.29, 0.717) is 33.7 Å². The molecule has 38 heavy (non-hydrogen) atoms. The summed E-state index contributed by atoms with van der Waals surface area (Å²) in [5, 5.41) is 11.1. The number of carbonyl (C=O) groups excluding carboxylic acids is 1. The van der Waals surface area contributed by atoms with Crippen molar-refractivity contribution in [2.45, 2.75) is 26.2 Å². The van der Waals surface area contributed by atoms with Crippen molar-refractivity contribution in [2.24, 2.45) is 11.7 Å². The third kappa shape index (κ3) is 5.06. The molecule has 0 spiro atoms. The van der Waals surface area contributed by atoms with E-state index in [1.165, 1.54) is 11.3 Å². The fraction of sp³-hybridized carbons (Fsp3) is 0.200. The predicted octanol–water partition coefficient (Wildman–Crippen LogP) is 7.42. The lowest BCUT2D eigenvalue weighted by molar-refractivity contribution is 0.0740. The van der Waals surface area contributed by atoms with E-state index in [4.69, 9.17) is 31.5 Å². The van der Waals surface area contributed by atoms with Gasteiger partial charge in [0.15, 0.2) is 0 Å². The first-order chi connectivity index (χ1) is 18.4. The van der Waals surface area contributed by atoms with Crippen LogP contribution in [0.1, 0.15) is 47.0 Å². The molecule has 5 rings (SSSR count). The molecule has 1 unspecified atom stereocenters. The van der Waals surface area contributed by atoms with Gasteiger partial charge in [0.2, 0.25) is 5.88 Å². The molecule has 8 heteroatoms. The van der Waals surface area contributed by atoms with Crippen molar-refractivity contribution in [1.82, 2.24) is 0 Å². The Labute approximate surface area is 229 Å². The zero-order valence-electron chi connectivity index (χ0n) is 20.9. The van der Waals surface area contributed by atoms with E-state index in [1.807, 2.05) is 48.5 Å². The van der Waals surface area contributed by atoms with Crippen LogP contribution in [0.15, 0.2) is 78.2 Å². The zero-order chi connectivity index (χ0) is 26.8. The van der Waals surface area contributed by atoms with Crippen LogP contribution in [-0.2, 0) is 0 Å². The van der Waals surface area contributed by atoms with Gasteiger partial charge < -0.3 is 19.9 Å². The van der Waals surface area contributed by atoms with E-state index in [0.717, 1.165) is 33.4 Å². The quantitative estimate of drug-likeness (QED) is 0.192. The van der Waals surface area contributed by atoms with Gasteiger partial charge in [-0.3, -0.25) is 0 Å². The van der Waals surface area contributed by atoms with Crippen LogP contribution >= 0.6 is 22.9 Å². The average Bonchev–Trinajstić information content (AvgIpc) is 3.24. The molecule has 2 N–H and O–H groups in total. The van der Waals surface area contributed by atoms with Crippen molar-refractivity contribution in [3.63, 3.8) is 0 Å². The molecule has 0 fully saturated rings. The Kier molecular flexibility index (Phi) is 7.28. The summed E-state index contributed by atoms with van der Waals surface area (Å²) in [6.45, 7) is 4.90. The monoisotopic (exact) mass is 544 g/mol. The van der Waals surface area contributed by atoms with E-state index in [2.05, 4.69) is 19.9 Å². The number of carbonyl (C=O) groups is 1. The fourth-order valence-corrected chi connectivity index (χ4v) is 5.72. The van der Waals surface area contributed by atoms with E-state index >= 15 is 0 Å². The molecule has 1 aromatic heterocycles. The zero-order valence-corrected chi connectivity index (χ0v) is 22.4. The number of allylic oxidation sites excluding steroid dienone is 1. The molecule has 3 aromatic carbocycles. The number of halogens is 1. The Hall–Kier alpha value is -3.99. The van der Waals surface area contributed by atoms with Gasteiger partial charge in [-0.1, -0.05) is 61.8 Å². The predicted molar refractivity (Wildman–Crippen MR) is 149 cm³/mol. The molecule has 6 nitrogen and oxygen atoms in total. The maximum absolute atomic E-state index is 13.0. The topological polar surface area (TPSA) is 94.6 Å². The molecular formula is C30H25ClN2O4S. The van der Waals surface area contributed by atoms with Crippen molar-refractivity contribution >= 4 is 39.0 Å². The smallest absolute Gasteiger partial charge is 0.355 e. The summed E-state index contributed by atoms with van der Waals surface area (Å²) in [6.07, 6.45) is 0.939. The summed E-state index contributed by atoms with van der Waals surface area (Å²) >= 11 is 7.73. The van der Waals surface area contributed by atoms with Crippen LogP contribution in [-0.4, -0.2) is 12.6 Å². The Morgan fingerprint density at radius 1 is 1.13 bits per heavy atom. The maximum atomic E-state index is 13.0. The number of esters is 1. The van der Waals surface area contributed by atoms with Crippen molar-refractivity contribution in [3.8, 4) is 23.3 Å². The molecule has 192 valence electrons. The second-order valence-electron chi connectivity index (χ2n) is 9.36. The normalized spacial score (nSPS) is 14.7. The molecule has 1 atom stereocenters. The SMILES string of the molecule is CC(C)CCOc1cccc(C2C(C#N)=C(N)Oc3cc(OC(=O)c4sc5ccccc5c4Cl)ccc32)c1. The van der Waals surface area contributed by atoms with Gasteiger partial charge in [-0.25, -0.2) is 4.79 Å². The van der Waals surface area contributed by atoms with Crippen LogP contribution in [0.25, 0.3) is 10.1 Å². The molecule has 0 saturated heterocycles. The van der Waals surface area contributed by atoms with Gasteiger partial charge in [0.05, 0.1) is 17.5 Å². The van der Waals surface area contributed by atoms with Crippen LogP contribution in [0.2, 0.25) is 5.02 Å². The van der Waals surface area contributed by atoms with Crippen LogP contribution < -0.4 is 19.9 Å². The summed E-state index contributed by atoms with van der Waals surface area (Å²) in [6, 6.07) is 22.4. The van der Waals surface area contributed by atoms with E-state index < -0.39 is 11.9 Å². The number of nitrogens with two attached hydrogens (primary N) is 1. The molecule has 1 aliphatic heterocycles. The fourth-order valence-electron chi connectivity index (χ4n) is 4.34. The highest BCUT2D eigenvalue weighted by atomic mass is 35.5. The van der Waals surface area contributed by atoms with Crippen LogP contribution in [0.3, 0.4) is 0 Å². The Morgan fingerprint density at radius 3 is 2.71 bits per heavy atom. The molecule has 1 aliphatic rings. The van der Waals surface area contributed by atoms with Gasteiger partial charge in [-0.05, 0) is 42.2 Å². The Bertz CT molecular complexity index is 1600. The highest BCUT2D eigenvalue weighted by molar-refractivity contribution is 7.21. The van der Waals surface area contributed by atoms with Crippen molar-refractivity contribution in [3.05, 3.63) is 99.2 Å². The lowest BCUT2D eigenvalue weighted by Gasteiger charge is -2.27. The summed E-state index contributed by atoms with van der Waals surface area (Å²) in [5.41, 5.74) is 8.05. The largest absolute Gasteiger partial charge is 0.494 e. The summed E-state index contributed by atoms with van der Waals surface area (Å²) in [7, 11) is 0. The molecule has 0 saturated carbocycles. The van der Waals surface area contributed by atoms with E-state index in [-0.39, 0.29) is 11.6 Å². The number of ether oxygens (including phenoxy) is 3. The molecular weight excluding hydrogens is 520 g/mol. The molecule has 0 bridgehead atoms. The van der Waals surface area contributed by atoms with Gasteiger partial charge in [0, 0.05) is 21.7 Å². The second-order valence-corrected chi connectivity index (χ2v) is 10.8. The third-order valence-corrected chi connectivity index (χ3v) is 7.93. The van der Waals surface area contributed by atoms with Gasteiger partial charge in [0.1, 0.15) is 33.8 Å². The number of hydrogen-bond acceptors (Lipinski definition) is 7. The van der Waals surface area contributed by atoms with Gasteiger partial charge in [-0.2, -0.15) is 5.26 Å². The lowest BCUT2D eigenvalue weighted by Crippen LogP contribution is -2.21. The van der Waals surface area contributed by atoms with Crippen molar-refractivity contribution in [1.29, 1.82) is 5.26 Å². The summed E-state index contributed by atoms with van der Waals surface area (Å²) in [4.78, 5) is 13.3. The highest BCUT2D eigenvalue weighted by Crippen LogP contribution is 2.44. The Morgan fingerprint density at radius 2 is 1.95 bits per heavy atom. The molecule has 4 aromatic rings. The minimum Gasteiger partial charge on any atom is -0.494 e. The minimum absolute atomic E-state index is 0.00663. The summed E-state index contributed by atoms with van der Waals surface area (Å²) < 4.78 is 18.3. The van der Waals surface area contributed by atoms with Crippen molar-refractivity contribution in [2.75, 3.05) is 6.61 Å². The van der Waals surface area contributed by atoms with E-state index in [9.17, 15) is 10.1 Å². The highest BCUT2D eigenvalue weighted by Gasteiger charge is 2.31. The standard InChI is InChI=1S/C30H25ClN2O4S/c1-17(2)12-13-35-19-7-5-6-18(14-19)26-21-11-10-20(15-24(21)37-29(33)23(26)16-32)36-30(34)28-27(31)22-8-3-4-9-25(22)38-28/h3-11,14-15,17,26H,12-13,33H2,1-2H3. The van der Waals surface area contributed by atoms with Gasteiger partial charge >= 0.3 is 5.97 Å². The second kappa shape index (κ2) is 10.8. The number of benzene rings is 3. The van der Waals surface area contributed by atoms with E-state index in [1.54, 1.807) is 18.2 Å². The van der Waals surface area contributed by atoms with Crippen LogP contribution in [0, 0.1) is 17.2 Å². The van der Waals surface area contributed by atoms with Crippen molar-refractivity contribution < 1.29 is 19.0 Å². The number of fused-ring (bicyclic) bond motifs is 2. The van der Waals surface area contributed by atoms with Gasteiger partial charge in [0.25, 0.3) is 0 Å².